The van der Waals surface area contributed by atoms with Crippen LogP contribution in [0.4, 0.5) is 0 Å². The second-order valence-electron chi connectivity index (χ2n) is 5.11. The van der Waals surface area contributed by atoms with Gasteiger partial charge in [-0.25, -0.2) is 0 Å². The van der Waals surface area contributed by atoms with Crippen LogP contribution in [0.15, 0.2) is 0 Å². The third-order valence-electron chi connectivity index (χ3n) is 3.29. The fourth-order valence-corrected chi connectivity index (χ4v) is 1.87. The number of rotatable bonds is 6. The second-order valence-corrected chi connectivity index (χ2v) is 5.11. The summed E-state index contributed by atoms with van der Waals surface area (Å²) in [5, 5.41) is 12.9. The molecule has 0 aromatic carbocycles. The number of carbonyl (C=O) groups excluding carboxylic acids is 1. The van der Waals surface area contributed by atoms with E-state index in [4.69, 9.17) is 0 Å². The van der Waals surface area contributed by atoms with Crippen molar-refractivity contribution in [3.8, 4) is 0 Å². The average molecular weight is 228 g/mol. The van der Waals surface area contributed by atoms with Gasteiger partial charge in [0, 0.05) is 19.6 Å². The quantitative estimate of drug-likeness (QED) is 0.655. The first-order valence-corrected chi connectivity index (χ1v) is 6.19. The van der Waals surface area contributed by atoms with Gasteiger partial charge in [-0.15, -0.1) is 0 Å². The summed E-state index contributed by atoms with van der Waals surface area (Å²) in [5.41, 5.74) is -0.580. The van der Waals surface area contributed by atoms with E-state index in [0.717, 1.165) is 19.4 Å². The summed E-state index contributed by atoms with van der Waals surface area (Å²) in [7, 11) is 0. The Morgan fingerprint density at radius 2 is 2.12 bits per heavy atom. The van der Waals surface area contributed by atoms with Gasteiger partial charge in [0.25, 0.3) is 0 Å². The van der Waals surface area contributed by atoms with Crippen LogP contribution in [0.5, 0.6) is 0 Å². The summed E-state index contributed by atoms with van der Waals surface area (Å²) in [6.45, 7) is 8.54. The van der Waals surface area contributed by atoms with Crippen LogP contribution in [0.3, 0.4) is 0 Å². The Balaban J connectivity index is 2.15. The average Bonchev–Trinajstić information content (AvgIpc) is 2.15. The molecule has 0 saturated carbocycles. The number of unbranched alkanes of at least 4 members (excludes halogenated alkanes) is 1. The molecule has 1 heterocycles. The van der Waals surface area contributed by atoms with Gasteiger partial charge in [-0.05, 0) is 12.3 Å². The van der Waals surface area contributed by atoms with Crippen LogP contribution in [0.1, 0.15) is 33.6 Å². The molecule has 0 aliphatic carbocycles. The van der Waals surface area contributed by atoms with Crippen molar-refractivity contribution in [2.75, 3.05) is 26.2 Å². The minimum Gasteiger partial charge on any atom is -0.387 e. The highest BCUT2D eigenvalue weighted by Crippen LogP contribution is 2.27. The topological polar surface area (TPSA) is 52.6 Å². The molecule has 0 atom stereocenters. The molecule has 0 spiro atoms. The SMILES string of the molecule is CCCCNC(=O)CN1CC(O)(C(C)C)C1. The number of nitrogens with one attached hydrogen (secondary N) is 1. The molecule has 0 bridgehead atoms. The van der Waals surface area contributed by atoms with Crippen LogP contribution in [0.2, 0.25) is 0 Å². The highest BCUT2D eigenvalue weighted by Gasteiger charge is 2.43. The number of nitrogens with zero attached hydrogens (tertiary/aromatic N) is 1. The van der Waals surface area contributed by atoms with E-state index >= 15 is 0 Å². The molecule has 4 nitrogen and oxygen atoms in total. The van der Waals surface area contributed by atoms with Crippen molar-refractivity contribution in [2.45, 2.75) is 39.2 Å². The number of likely N-dealkylation sites (tertiary alicyclic amines) is 1. The first kappa shape index (κ1) is 13.5. The Kier molecular flexibility index (Phi) is 4.74. The zero-order valence-electron chi connectivity index (χ0n) is 10.6. The minimum absolute atomic E-state index is 0.0688. The highest BCUT2D eigenvalue weighted by atomic mass is 16.3. The maximum Gasteiger partial charge on any atom is 0.234 e. The minimum atomic E-state index is -0.580. The fraction of sp³-hybridized carbons (Fsp3) is 0.917. The molecule has 16 heavy (non-hydrogen) atoms. The lowest BCUT2D eigenvalue weighted by molar-refractivity contribution is -0.142. The van der Waals surface area contributed by atoms with Crippen molar-refractivity contribution < 1.29 is 9.90 Å². The predicted octanol–water partition coefficient (Wildman–Crippen LogP) is 0.605. The summed E-state index contributed by atoms with van der Waals surface area (Å²) in [6.07, 6.45) is 2.12. The van der Waals surface area contributed by atoms with Gasteiger partial charge in [0.2, 0.25) is 5.91 Å². The number of β-amino-alcohol motifs (C(OH)–C–C–N with tert-alkyl or cyclic N) is 1. The molecule has 0 unspecified atom stereocenters. The van der Waals surface area contributed by atoms with Crippen molar-refractivity contribution in [1.29, 1.82) is 0 Å². The second kappa shape index (κ2) is 5.64. The predicted molar refractivity (Wildman–Crippen MR) is 64.1 cm³/mol. The molecule has 1 fully saturated rings. The zero-order chi connectivity index (χ0) is 12.2. The molecule has 1 aliphatic rings. The molecular formula is C12H24N2O2. The van der Waals surface area contributed by atoms with Crippen molar-refractivity contribution in [2.24, 2.45) is 5.92 Å². The van der Waals surface area contributed by atoms with E-state index in [0.29, 0.717) is 19.6 Å². The van der Waals surface area contributed by atoms with E-state index < -0.39 is 5.60 Å². The summed E-state index contributed by atoms with van der Waals surface area (Å²) in [4.78, 5) is 13.5. The van der Waals surface area contributed by atoms with Crippen LogP contribution in [0.25, 0.3) is 0 Å². The first-order chi connectivity index (χ1) is 7.48. The lowest BCUT2D eigenvalue weighted by Crippen LogP contribution is -2.65. The van der Waals surface area contributed by atoms with E-state index in [9.17, 15) is 9.90 Å². The van der Waals surface area contributed by atoms with E-state index in [1.165, 1.54) is 0 Å². The van der Waals surface area contributed by atoms with Crippen LogP contribution in [-0.4, -0.2) is 47.7 Å². The highest BCUT2D eigenvalue weighted by molar-refractivity contribution is 5.78. The van der Waals surface area contributed by atoms with Gasteiger partial charge < -0.3 is 10.4 Å². The van der Waals surface area contributed by atoms with Gasteiger partial charge in [-0.3, -0.25) is 9.69 Å². The molecule has 1 rings (SSSR count). The van der Waals surface area contributed by atoms with Crippen LogP contribution < -0.4 is 5.32 Å². The largest absolute Gasteiger partial charge is 0.387 e. The molecule has 94 valence electrons. The third-order valence-corrected chi connectivity index (χ3v) is 3.29. The Labute approximate surface area is 98.0 Å². The normalized spacial score (nSPS) is 19.6. The Bertz CT molecular complexity index is 235. The molecule has 1 amide bonds. The van der Waals surface area contributed by atoms with Crippen molar-refractivity contribution in [1.82, 2.24) is 10.2 Å². The van der Waals surface area contributed by atoms with Crippen molar-refractivity contribution in [3.63, 3.8) is 0 Å². The van der Waals surface area contributed by atoms with E-state index in [1.54, 1.807) is 0 Å². The monoisotopic (exact) mass is 228 g/mol. The van der Waals surface area contributed by atoms with Gasteiger partial charge >= 0.3 is 0 Å². The fourth-order valence-electron chi connectivity index (χ4n) is 1.87. The van der Waals surface area contributed by atoms with Gasteiger partial charge in [0.05, 0.1) is 12.1 Å². The van der Waals surface area contributed by atoms with Crippen LogP contribution >= 0.6 is 0 Å². The lowest BCUT2D eigenvalue weighted by atomic mass is 9.83. The molecule has 1 aliphatic heterocycles. The summed E-state index contributed by atoms with van der Waals surface area (Å²) in [6, 6.07) is 0. The molecule has 0 aromatic heterocycles. The van der Waals surface area contributed by atoms with Crippen LogP contribution in [-0.2, 0) is 4.79 Å². The van der Waals surface area contributed by atoms with Crippen molar-refractivity contribution in [3.05, 3.63) is 0 Å². The van der Waals surface area contributed by atoms with E-state index in [2.05, 4.69) is 12.2 Å². The third kappa shape index (κ3) is 3.46. The van der Waals surface area contributed by atoms with Crippen LogP contribution in [0, 0.1) is 5.92 Å². The van der Waals surface area contributed by atoms with Gasteiger partial charge in [-0.1, -0.05) is 27.2 Å². The molecule has 2 N–H and O–H groups in total. The first-order valence-electron chi connectivity index (χ1n) is 6.19. The number of hydrogen-bond acceptors (Lipinski definition) is 3. The number of amides is 1. The maximum absolute atomic E-state index is 11.5. The van der Waals surface area contributed by atoms with Gasteiger partial charge in [-0.2, -0.15) is 0 Å². The molecule has 0 aromatic rings. The standard InChI is InChI=1S/C12H24N2O2/c1-4-5-6-13-11(15)7-14-8-12(16,9-14)10(2)3/h10,16H,4-9H2,1-3H3,(H,13,15). The van der Waals surface area contributed by atoms with Gasteiger partial charge in [0.1, 0.15) is 0 Å². The number of hydrogen-bond donors (Lipinski definition) is 2. The lowest BCUT2D eigenvalue weighted by Gasteiger charge is -2.48. The molecular weight excluding hydrogens is 204 g/mol. The number of aliphatic hydroxyl groups is 1. The maximum atomic E-state index is 11.5. The summed E-state index contributed by atoms with van der Waals surface area (Å²) < 4.78 is 0. The zero-order valence-corrected chi connectivity index (χ0v) is 10.6. The van der Waals surface area contributed by atoms with Gasteiger partial charge in [0.15, 0.2) is 0 Å². The smallest absolute Gasteiger partial charge is 0.234 e. The van der Waals surface area contributed by atoms with E-state index in [1.807, 2.05) is 18.7 Å². The Morgan fingerprint density at radius 1 is 1.50 bits per heavy atom. The summed E-state index contributed by atoms with van der Waals surface area (Å²) >= 11 is 0. The molecule has 1 saturated heterocycles. The Morgan fingerprint density at radius 3 is 2.62 bits per heavy atom. The molecule has 0 radical (unpaired) electrons. The molecule has 4 heteroatoms. The Hall–Kier alpha value is -0.610. The van der Waals surface area contributed by atoms with E-state index in [-0.39, 0.29) is 11.8 Å². The number of carbonyl (C=O) groups is 1. The summed E-state index contributed by atoms with van der Waals surface area (Å²) in [5.74, 6) is 0.325. The van der Waals surface area contributed by atoms with Crippen molar-refractivity contribution >= 4 is 5.91 Å².